The summed E-state index contributed by atoms with van der Waals surface area (Å²) in [5, 5.41) is 0. The molecule has 0 unspecified atom stereocenters. The maximum atomic E-state index is 4.34. The van der Waals surface area contributed by atoms with E-state index < -0.39 is 0 Å². The van der Waals surface area contributed by atoms with Crippen molar-refractivity contribution < 1.29 is 0 Å². The Morgan fingerprint density at radius 3 is 1.86 bits per heavy atom. The van der Waals surface area contributed by atoms with Crippen LogP contribution < -0.4 is 0 Å². The van der Waals surface area contributed by atoms with Crippen LogP contribution in [0.3, 0.4) is 0 Å². The highest BCUT2D eigenvalue weighted by atomic mass is 14.2. The topological polar surface area (TPSA) is 0 Å². The van der Waals surface area contributed by atoms with Gasteiger partial charge in [0.25, 0.3) is 0 Å². The van der Waals surface area contributed by atoms with Crippen LogP contribution in [0.15, 0.2) is 12.6 Å². The van der Waals surface area contributed by atoms with Crippen LogP contribution in [0.2, 0.25) is 0 Å². The molecule has 0 aromatic heterocycles. The van der Waals surface area contributed by atoms with Gasteiger partial charge >= 0.3 is 0 Å². The molecule has 0 saturated heterocycles. The normalized spacial score (nSPS) is 10.7. The largest absolute Gasteiger partial charge is 0.0979 e. The van der Waals surface area contributed by atoms with Gasteiger partial charge < -0.3 is 0 Å². The first-order valence-electron chi connectivity index (χ1n) is 12.5. The molecule has 0 bridgehead atoms. The van der Waals surface area contributed by atoms with Crippen molar-refractivity contribution in [3.8, 4) is 11.8 Å². The van der Waals surface area contributed by atoms with Crippen molar-refractivity contribution in [1.82, 2.24) is 0 Å². The summed E-state index contributed by atoms with van der Waals surface area (Å²) in [5.74, 6) is 7.14. The van der Waals surface area contributed by atoms with E-state index in [0.717, 1.165) is 32.1 Å². The number of benzene rings is 1. The maximum absolute atomic E-state index is 4.34. The Balaban J connectivity index is 2.74. The van der Waals surface area contributed by atoms with Crippen molar-refractivity contribution in [3.63, 3.8) is 0 Å². The Morgan fingerprint density at radius 2 is 1.34 bits per heavy atom. The standard InChI is InChI=1S/C29H46/c1-7-12-13-14-15-16-17-18-19-20-21-22-28-26(10-4)25(9-3)23-29(24(6)8-2)27(28)11-5/h23H,6-20H2,1-5H3. The number of hydrogen-bond donors (Lipinski definition) is 0. The molecular weight excluding hydrogens is 348 g/mol. The quantitative estimate of drug-likeness (QED) is 0.218. The van der Waals surface area contributed by atoms with Crippen molar-refractivity contribution in [2.45, 2.75) is 125 Å². The summed E-state index contributed by atoms with van der Waals surface area (Å²) in [5.41, 5.74) is 8.27. The zero-order chi connectivity index (χ0) is 21.5. The summed E-state index contributed by atoms with van der Waals surface area (Å²) < 4.78 is 0. The van der Waals surface area contributed by atoms with E-state index in [1.807, 2.05) is 0 Å². The average molecular weight is 395 g/mol. The third kappa shape index (κ3) is 8.42. The predicted molar refractivity (Wildman–Crippen MR) is 133 cm³/mol. The minimum absolute atomic E-state index is 1.01. The summed E-state index contributed by atoms with van der Waals surface area (Å²) in [7, 11) is 0. The Kier molecular flexibility index (Phi) is 13.5. The lowest BCUT2D eigenvalue weighted by Crippen LogP contribution is -2.05. The molecule has 1 aromatic rings. The van der Waals surface area contributed by atoms with E-state index in [-0.39, 0.29) is 0 Å². The van der Waals surface area contributed by atoms with Gasteiger partial charge in [-0.2, -0.15) is 0 Å². The van der Waals surface area contributed by atoms with Gasteiger partial charge in [0.1, 0.15) is 0 Å². The fourth-order valence-electron chi connectivity index (χ4n) is 4.24. The highest BCUT2D eigenvalue weighted by molar-refractivity contribution is 5.71. The molecular formula is C29H46. The first-order chi connectivity index (χ1) is 14.1. The molecule has 0 spiro atoms. The smallest absolute Gasteiger partial charge is 0.0317 e. The first kappa shape index (κ1) is 25.6. The van der Waals surface area contributed by atoms with Gasteiger partial charge in [-0.15, -0.1) is 0 Å². The highest BCUT2D eigenvalue weighted by Crippen LogP contribution is 2.30. The number of rotatable bonds is 14. The molecule has 0 heteroatoms. The predicted octanol–water partition coefficient (Wildman–Crippen LogP) is 9.07. The van der Waals surface area contributed by atoms with Crippen LogP contribution in [0.5, 0.6) is 0 Å². The highest BCUT2D eigenvalue weighted by Gasteiger charge is 2.15. The van der Waals surface area contributed by atoms with Crippen molar-refractivity contribution in [3.05, 3.63) is 40.5 Å². The van der Waals surface area contributed by atoms with E-state index in [4.69, 9.17) is 0 Å². The van der Waals surface area contributed by atoms with Crippen LogP contribution in [-0.2, 0) is 19.3 Å². The monoisotopic (exact) mass is 394 g/mol. The summed E-state index contributed by atoms with van der Waals surface area (Å²) >= 11 is 0. The van der Waals surface area contributed by atoms with Gasteiger partial charge in [-0.1, -0.05) is 110 Å². The minimum Gasteiger partial charge on any atom is -0.0979 e. The third-order valence-corrected chi connectivity index (χ3v) is 6.15. The van der Waals surface area contributed by atoms with Crippen molar-refractivity contribution in [2.75, 3.05) is 0 Å². The molecule has 0 aliphatic carbocycles. The Labute approximate surface area is 182 Å². The lowest BCUT2D eigenvalue weighted by Gasteiger charge is -2.19. The van der Waals surface area contributed by atoms with Gasteiger partial charge in [0, 0.05) is 12.0 Å². The zero-order valence-corrected chi connectivity index (χ0v) is 20.2. The fourth-order valence-corrected chi connectivity index (χ4v) is 4.24. The van der Waals surface area contributed by atoms with Crippen molar-refractivity contribution in [1.29, 1.82) is 0 Å². The van der Waals surface area contributed by atoms with Crippen molar-refractivity contribution in [2.24, 2.45) is 0 Å². The average Bonchev–Trinajstić information content (AvgIpc) is 2.75. The van der Waals surface area contributed by atoms with Crippen LogP contribution in [0, 0.1) is 11.8 Å². The number of hydrogen-bond acceptors (Lipinski definition) is 0. The summed E-state index contributed by atoms with van der Waals surface area (Å²) in [6.45, 7) is 15.6. The molecule has 0 saturated carbocycles. The summed E-state index contributed by atoms with van der Waals surface area (Å²) in [6.07, 6.45) is 17.6. The van der Waals surface area contributed by atoms with Crippen molar-refractivity contribution >= 4 is 5.57 Å². The second-order valence-electron chi connectivity index (χ2n) is 8.31. The number of unbranched alkanes of at least 4 members (excludes halogenated alkanes) is 9. The van der Waals surface area contributed by atoms with Crippen LogP contribution in [0.1, 0.15) is 133 Å². The lowest BCUT2D eigenvalue weighted by atomic mass is 9.85. The fraction of sp³-hybridized carbons (Fsp3) is 0.655. The summed E-state index contributed by atoms with van der Waals surface area (Å²) in [4.78, 5) is 0. The van der Waals surface area contributed by atoms with E-state index in [0.29, 0.717) is 0 Å². The molecule has 0 N–H and O–H groups in total. The van der Waals surface area contributed by atoms with Gasteiger partial charge in [-0.05, 0) is 59.9 Å². The first-order valence-corrected chi connectivity index (χ1v) is 12.5. The van der Waals surface area contributed by atoms with Crippen LogP contribution in [0.4, 0.5) is 0 Å². The summed E-state index contributed by atoms with van der Waals surface area (Å²) in [6, 6.07) is 2.40. The molecule has 0 atom stereocenters. The molecule has 0 heterocycles. The molecule has 0 aliphatic heterocycles. The maximum Gasteiger partial charge on any atom is 0.0317 e. The van der Waals surface area contributed by atoms with Gasteiger partial charge in [-0.3, -0.25) is 0 Å². The van der Waals surface area contributed by atoms with Crippen LogP contribution in [0.25, 0.3) is 5.57 Å². The lowest BCUT2D eigenvalue weighted by molar-refractivity contribution is 0.567. The molecule has 0 radical (unpaired) electrons. The molecule has 1 rings (SSSR count). The zero-order valence-electron chi connectivity index (χ0n) is 20.2. The van der Waals surface area contributed by atoms with E-state index in [2.05, 4.69) is 59.1 Å². The Morgan fingerprint density at radius 1 is 0.759 bits per heavy atom. The second kappa shape index (κ2) is 15.4. The van der Waals surface area contributed by atoms with Gasteiger partial charge in [0.05, 0.1) is 0 Å². The van der Waals surface area contributed by atoms with E-state index in [9.17, 15) is 0 Å². The van der Waals surface area contributed by atoms with Crippen LogP contribution in [-0.4, -0.2) is 0 Å². The molecule has 162 valence electrons. The van der Waals surface area contributed by atoms with Gasteiger partial charge in [0.15, 0.2) is 0 Å². The molecule has 0 amide bonds. The van der Waals surface area contributed by atoms with E-state index >= 15 is 0 Å². The molecule has 0 fully saturated rings. The van der Waals surface area contributed by atoms with E-state index in [1.165, 1.54) is 91.2 Å². The molecule has 0 nitrogen and oxygen atoms in total. The SMILES string of the molecule is C=C(CC)c1cc(CC)c(CC)c(C#CCCCCCCCCCCC)c1CC. The Hall–Kier alpha value is -1.48. The number of allylic oxidation sites excluding steroid dienone is 1. The molecule has 1 aromatic carbocycles. The number of aryl methyl sites for hydroxylation is 1. The minimum atomic E-state index is 1.01. The Bertz CT molecular complexity index is 666. The third-order valence-electron chi connectivity index (χ3n) is 6.15. The van der Waals surface area contributed by atoms with Crippen LogP contribution >= 0.6 is 0 Å². The van der Waals surface area contributed by atoms with Gasteiger partial charge in [0.2, 0.25) is 0 Å². The van der Waals surface area contributed by atoms with E-state index in [1.54, 1.807) is 0 Å². The molecule has 0 aliphatic rings. The molecule has 29 heavy (non-hydrogen) atoms. The second-order valence-corrected chi connectivity index (χ2v) is 8.31. The van der Waals surface area contributed by atoms with Gasteiger partial charge in [-0.25, -0.2) is 0 Å².